The van der Waals surface area contributed by atoms with Gasteiger partial charge in [-0.15, -0.1) is 10.2 Å². The minimum Gasteiger partial charge on any atom is -0.457 e. The van der Waals surface area contributed by atoms with Gasteiger partial charge in [-0.25, -0.2) is 9.31 Å². The number of rotatable bonds is 5. The van der Waals surface area contributed by atoms with E-state index in [4.69, 9.17) is 16.3 Å². The second-order valence-electron chi connectivity index (χ2n) is 5.44. The Hall–Kier alpha value is -2.73. The molecule has 0 N–H and O–H groups in total. The van der Waals surface area contributed by atoms with Gasteiger partial charge >= 0.3 is 5.97 Å². The summed E-state index contributed by atoms with van der Waals surface area (Å²) in [4.78, 5) is 12.1. The highest BCUT2D eigenvalue weighted by Gasteiger charge is 2.21. The van der Waals surface area contributed by atoms with Crippen molar-refractivity contribution >= 4 is 23.2 Å². The summed E-state index contributed by atoms with van der Waals surface area (Å²) in [5.41, 5.74) is 4.03. The Morgan fingerprint density at radius 1 is 1.32 bits per heavy atom. The topological polar surface area (TPSA) is 69.4 Å². The molecule has 3 rings (SSSR count). The molecule has 0 aliphatic heterocycles. The van der Waals surface area contributed by atoms with Crippen molar-refractivity contribution in [2.75, 3.05) is 6.61 Å². The number of esters is 1. The third-order valence-corrected chi connectivity index (χ3v) is 4.08. The van der Waals surface area contributed by atoms with Crippen LogP contribution in [0.3, 0.4) is 0 Å². The van der Waals surface area contributed by atoms with Crippen molar-refractivity contribution in [3.8, 4) is 11.1 Å². The number of nitrogens with zero attached hydrogens (tertiary/aromatic N) is 4. The van der Waals surface area contributed by atoms with Gasteiger partial charge in [0.2, 0.25) is 0 Å². The molecule has 0 spiro atoms. The predicted molar refractivity (Wildman–Crippen MR) is 95.8 cm³/mol. The van der Waals surface area contributed by atoms with Crippen LogP contribution in [0.1, 0.15) is 28.8 Å². The van der Waals surface area contributed by atoms with Crippen LogP contribution in [0, 0.1) is 6.92 Å². The summed E-state index contributed by atoms with van der Waals surface area (Å²) in [7, 11) is 0. The lowest BCUT2D eigenvalue weighted by Crippen LogP contribution is -2.14. The predicted octanol–water partition coefficient (Wildman–Crippen LogP) is 3.66. The highest BCUT2D eigenvalue weighted by atomic mass is 35.5. The summed E-state index contributed by atoms with van der Waals surface area (Å²) < 4.78 is 6.69. The van der Waals surface area contributed by atoms with Gasteiger partial charge in [0.15, 0.2) is 11.3 Å². The largest absolute Gasteiger partial charge is 0.457 e. The maximum atomic E-state index is 12.1. The molecule has 0 radical (unpaired) electrons. The molecule has 0 atom stereocenters. The zero-order valence-electron chi connectivity index (χ0n) is 14.0. The van der Waals surface area contributed by atoms with Crippen LogP contribution < -0.4 is 0 Å². The average Bonchev–Trinajstić information content (AvgIpc) is 3.00. The number of hydrogen-bond acceptors (Lipinski definition) is 5. The van der Waals surface area contributed by atoms with Crippen LogP contribution in [0.4, 0.5) is 0 Å². The number of carbonyl (C=O) groups is 1. The second-order valence-corrected chi connectivity index (χ2v) is 5.88. The highest BCUT2D eigenvalue weighted by molar-refractivity contribution is 6.30. The second kappa shape index (κ2) is 7.03. The molecular formula is C18H17ClN4O2. The molecule has 0 fully saturated rings. The third kappa shape index (κ3) is 3.13. The van der Waals surface area contributed by atoms with Crippen LogP contribution in [-0.2, 0) is 11.2 Å². The highest BCUT2D eigenvalue weighted by Crippen LogP contribution is 2.29. The molecule has 2 heterocycles. The zero-order chi connectivity index (χ0) is 18.0. The summed E-state index contributed by atoms with van der Waals surface area (Å²) in [6.45, 7) is 7.43. The smallest absolute Gasteiger partial charge is 0.361 e. The quantitative estimate of drug-likeness (QED) is 0.515. The van der Waals surface area contributed by atoms with Gasteiger partial charge in [0.1, 0.15) is 6.61 Å². The Morgan fingerprint density at radius 3 is 2.68 bits per heavy atom. The molecule has 25 heavy (non-hydrogen) atoms. The van der Waals surface area contributed by atoms with Crippen molar-refractivity contribution in [2.24, 2.45) is 0 Å². The first kappa shape index (κ1) is 17.1. The SMILES string of the molecule is C=CCOC(=O)c1nnc2c(-c3ccc(Cl)cc3)c(CC)nn2c1C. The lowest BCUT2D eigenvalue weighted by Gasteiger charge is -2.06. The normalized spacial score (nSPS) is 10.8. The Labute approximate surface area is 150 Å². The molecule has 0 aliphatic rings. The van der Waals surface area contributed by atoms with E-state index in [-0.39, 0.29) is 12.3 Å². The Morgan fingerprint density at radius 2 is 2.04 bits per heavy atom. The molecule has 7 heteroatoms. The van der Waals surface area contributed by atoms with Gasteiger partial charge in [0.25, 0.3) is 0 Å². The first-order valence-electron chi connectivity index (χ1n) is 7.85. The van der Waals surface area contributed by atoms with E-state index < -0.39 is 5.97 Å². The molecule has 2 aromatic heterocycles. The van der Waals surface area contributed by atoms with Gasteiger partial charge in [-0.05, 0) is 31.0 Å². The number of hydrogen-bond donors (Lipinski definition) is 0. The molecule has 0 aliphatic carbocycles. The molecule has 0 saturated heterocycles. The molecule has 128 valence electrons. The first-order chi connectivity index (χ1) is 12.1. The number of benzene rings is 1. The molecule has 6 nitrogen and oxygen atoms in total. The molecule has 0 saturated carbocycles. The van der Waals surface area contributed by atoms with Crippen molar-refractivity contribution in [1.29, 1.82) is 0 Å². The van der Waals surface area contributed by atoms with Gasteiger partial charge in [0.05, 0.1) is 17.0 Å². The lowest BCUT2D eigenvalue weighted by atomic mass is 10.0. The first-order valence-corrected chi connectivity index (χ1v) is 8.23. The van der Waals surface area contributed by atoms with Crippen LogP contribution in [0.5, 0.6) is 0 Å². The van der Waals surface area contributed by atoms with Crippen LogP contribution in [-0.4, -0.2) is 32.4 Å². The maximum absolute atomic E-state index is 12.1. The van der Waals surface area contributed by atoms with Gasteiger partial charge < -0.3 is 4.74 Å². The van der Waals surface area contributed by atoms with Crippen molar-refractivity contribution in [3.05, 3.63) is 59.0 Å². The van der Waals surface area contributed by atoms with E-state index >= 15 is 0 Å². The number of halogens is 1. The van der Waals surface area contributed by atoms with E-state index in [0.29, 0.717) is 16.4 Å². The van der Waals surface area contributed by atoms with Crippen LogP contribution in [0.15, 0.2) is 36.9 Å². The fourth-order valence-corrected chi connectivity index (χ4v) is 2.73. The van der Waals surface area contributed by atoms with Crippen molar-refractivity contribution in [3.63, 3.8) is 0 Å². The maximum Gasteiger partial charge on any atom is 0.361 e. The number of ether oxygens (including phenoxy) is 1. The molecule has 0 amide bonds. The van der Waals surface area contributed by atoms with Gasteiger partial charge in [-0.3, -0.25) is 0 Å². The van der Waals surface area contributed by atoms with Crippen molar-refractivity contribution in [1.82, 2.24) is 19.8 Å². The zero-order valence-corrected chi connectivity index (χ0v) is 14.7. The minimum absolute atomic E-state index is 0.118. The van der Waals surface area contributed by atoms with Crippen molar-refractivity contribution in [2.45, 2.75) is 20.3 Å². The summed E-state index contributed by atoms with van der Waals surface area (Å²) in [5.74, 6) is -0.548. The van der Waals surface area contributed by atoms with Crippen LogP contribution in [0.25, 0.3) is 16.8 Å². The van der Waals surface area contributed by atoms with Crippen LogP contribution in [0.2, 0.25) is 5.02 Å². The average molecular weight is 357 g/mol. The summed E-state index contributed by atoms with van der Waals surface area (Å²) in [5, 5.41) is 13.6. The van der Waals surface area contributed by atoms with E-state index in [1.54, 1.807) is 11.4 Å². The molecule has 0 unspecified atom stereocenters. The Kier molecular flexibility index (Phi) is 4.81. The van der Waals surface area contributed by atoms with Crippen LogP contribution >= 0.6 is 11.6 Å². The third-order valence-electron chi connectivity index (χ3n) is 3.83. The number of aryl methyl sites for hydroxylation is 2. The van der Waals surface area contributed by atoms with Gasteiger partial charge in [-0.2, -0.15) is 5.10 Å². The molecule has 0 bridgehead atoms. The monoisotopic (exact) mass is 356 g/mol. The van der Waals surface area contributed by atoms with E-state index in [1.807, 2.05) is 31.2 Å². The molecule has 3 aromatic rings. The molecular weight excluding hydrogens is 340 g/mol. The van der Waals surface area contributed by atoms with E-state index in [1.165, 1.54) is 6.08 Å². The number of fused-ring (bicyclic) bond motifs is 1. The summed E-state index contributed by atoms with van der Waals surface area (Å²) in [6, 6.07) is 7.48. The fraction of sp³-hybridized carbons (Fsp3) is 0.222. The van der Waals surface area contributed by atoms with E-state index in [0.717, 1.165) is 23.2 Å². The minimum atomic E-state index is -0.548. The van der Waals surface area contributed by atoms with Gasteiger partial charge in [0, 0.05) is 5.02 Å². The van der Waals surface area contributed by atoms with E-state index in [2.05, 4.69) is 21.9 Å². The number of carbonyl (C=O) groups excluding carboxylic acids is 1. The summed E-state index contributed by atoms with van der Waals surface area (Å²) in [6.07, 6.45) is 2.22. The summed E-state index contributed by atoms with van der Waals surface area (Å²) >= 11 is 5.98. The van der Waals surface area contributed by atoms with Gasteiger partial charge in [-0.1, -0.05) is 43.3 Å². The molecule has 1 aromatic carbocycles. The van der Waals surface area contributed by atoms with Crippen molar-refractivity contribution < 1.29 is 9.53 Å². The lowest BCUT2D eigenvalue weighted by molar-refractivity contribution is 0.0539. The Bertz CT molecular complexity index is 948. The standard InChI is InChI=1S/C18H17ClN4O2/c1-4-10-25-18(24)16-11(3)23-17(21-20-16)15(14(5-2)22-23)12-6-8-13(19)9-7-12/h4,6-9H,1,5,10H2,2-3H3. The Balaban J connectivity index is 2.16. The number of aromatic nitrogens is 4. The fourth-order valence-electron chi connectivity index (χ4n) is 2.60. The van der Waals surface area contributed by atoms with E-state index in [9.17, 15) is 4.79 Å².